The quantitative estimate of drug-likeness (QED) is 0.327. The molecule has 1 N–H and O–H groups in total. The molecule has 0 aliphatic rings. The van der Waals surface area contributed by atoms with E-state index in [-0.39, 0.29) is 16.3 Å². The maximum absolute atomic E-state index is 12.8. The van der Waals surface area contributed by atoms with Gasteiger partial charge in [0.1, 0.15) is 6.54 Å². The Morgan fingerprint density at radius 2 is 1.70 bits per heavy atom. The summed E-state index contributed by atoms with van der Waals surface area (Å²) < 4.78 is 9.96. The Balaban J connectivity index is 1.57. The van der Waals surface area contributed by atoms with Crippen LogP contribution in [0.1, 0.15) is 19.8 Å². The molecule has 1 aromatic carbocycles. The van der Waals surface area contributed by atoms with Gasteiger partial charge in [0.2, 0.25) is 5.91 Å². The van der Waals surface area contributed by atoms with Crippen molar-refractivity contribution in [1.29, 1.82) is 0 Å². The number of hydrogen-bond donors (Lipinski definition) is 1. The number of amides is 1. The summed E-state index contributed by atoms with van der Waals surface area (Å²) in [5.74, 6) is -0.157. The molecule has 0 bridgehead atoms. The third-order valence-electron chi connectivity index (χ3n) is 5.81. The van der Waals surface area contributed by atoms with Gasteiger partial charge in [0.15, 0.2) is 22.0 Å². The lowest BCUT2D eigenvalue weighted by molar-refractivity contribution is -0.116. The first-order valence-corrected chi connectivity index (χ1v) is 12.9. The molecule has 14 heteroatoms. The first-order chi connectivity index (χ1) is 17.5. The topological polar surface area (TPSA) is 122 Å². The summed E-state index contributed by atoms with van der Waals surface area (Å²) in [6.07, 6.45) is 1.85. The number of benzene rings is 1. The zero-order chi connectivity index (χ0) is 27.0. The van der Waals surface area contributed by atoms with Crippen LogP contribution in [0.2, 0.25) is 10.0 Å². The lowest BCUT2D eigenvalue weighted by Crippen LogP contribution is -2.38. The second kappa shape index (κ2) is 10.6. The summed E-state index contributed by atoms with van der Waals surface area (Å²) in [5, 5.41) is 5.36. The third kappa shape index (κ3) is 4.96. The van der Waals surface area contributed by atoms with Crippen LogP contribution in [0.4, 0.5) is 5.13 Å². The largest absolute Gasteiger partial charge is 0.490 e. The highest BCUT2D eigenvalue weighted by Gasteiger charge is 2.21. The molecule has 0 unspecified atom stereocenters. The lowest BCUT2D eigenvalue weighted by atomic mass is 10.1. The Bertz CT molecular complexity index is 1670. The van der Waals surface area contributed by atoms with Gasteiger partial charge in [-0.05, 0) is 18.6 Å². The van der Waals surface area contributed by atoms with Crippen LogP contribution < -0.4 is 27.0 Å². The smallest absolute Gasteiger partial charge is 0.332 e. The standard InChI is InChI=1S/C23H24Cl2N6O5S/c1-5-6-7-36-18-13(24)8-12(9-14(18)25)15-11-37-21(26-15)27-16(32)10-31-17-19(29(3)23(31)35)28(2)22(34)30(4)20(17)33/h8-9,11H,5-7,10H2,1-4H3,(H,26,27,32). The van der Waals surface area contributed by atoms with E-state index in [9.17, 15) is 19.2 Å². The van der Waals surface area contributed by atoms with Crippen molar-refractivity contribution in [3.05, 3.63) is 58.9 Å². The molecule has 196 valence electrons. The van der Waals surface area contributed by atoms with Gasteiger partial charge in [-0.15, -0.1) is 11.3 Å². The maximum atomic E-state index is 12.8. The van der Waals surface area contributed by atoms with Crippen molar-refractivity contribution in [3.63, 3.8) is 0 Å². The lowest BCUT2D eigenvalue weighted by Gasteiger charge is -2.11. The maximum Gasteiger partial charge on any atom is 0.332 e. The van der Waals surface area contributed by atoms with E-state index in [1.165, 1.54) is 37.0 Å². The minimum Gasteiger partial charge on any atom is -0.490 e. The number of aromatic nitrogens is 5. The number of rotatable bonds is 8. The van der Waals surface area contributed by atoms with Crippen molar-refractivity contribution in [3.8, 4) is 17.0 Å². The minimum atomic E-state index is -0.670. The van der Waals surface area contributed by atoms with Crippen LogP contribution in [0, 0.1) is 0 Å². The predicted molar refractivity (Wildman–Crippen MR) is 144 cm³/mol. The number of anilines is 1. The van der Waals surface area contributed by atoms with Gasteiger partial charge in [-0.1, -0.05) is 36.5 Å². The Morgan fingerprint density at radius 1 is 1.05 bits per heavy atom. The van der Waals surface area contributed by atoms with Crippen molar-refractivity contribution in [1.82, 2.24) is 23.3 Å². The number of unbranched alkanes of at least 4 members (excludes halogenated alkanes) is 1. The molecule has 0 aliphatic heterocycles. The van der Waals surface area contributed by atoms with Crippen LogP contribution in [-0.4, -0.2) is 35.8 Å². The van der Waals surface area contributed by atoms with E-state index in [2.05, 4.69) is 17.2 Å². The average molecular weight is 567 g/mol. The highest BCUT2D eigenvalue weighted by molar-refractivity contribution is 7.14. The van der Waals surface area contributed by atoms with Crippen LogP contribution in [0.3, 0.4) is 0 Å². The number of carbonyl (C=O) groups is 1. The van der Waals surface area contributed by atoms with Crippen molar-refractivity contribution in [2.45, 2.75) is 26.3 Å². The Kier molecular flexibility index (Phi) is 7.62. The van der Waals surface area contributed by atoms with Crippen LogP contribution in [0.15, 0.2) is 31.9 Å². The molecule has 3 heterocycles. The molecule has 4 rings (SSSR count). The van der Waals surface area contributed by atoms with E-state index >= 15 is 0 Å². The van der Waals surface area contributed by atoms with Gasteiger partial charge in [-0.3, -0.25) is 27.9 Å². The molecule has 0 aliphatic carbocycles. The van der Waals surface area contributed by atoms with Crippen LogP contribution >= 0.6 is 34.5 Å². The zero-order valence-electron chi connectivity index (χ0n) is 20.5. The van der Waals surface area contributed by atoms with Gasteiger partial charge in [0.05, 0.1) is 22.3 Å². The van der Waals surface area contributed by atoms with Crippen molar-refractivity contribution >= 4 is 56.7 Å². The number of hydrogen-bond acceptors (Lipinski definition) is 7. The number of nitrogens with one attached hydrogen (secondary N) is 1. The average Bonchev–Trinajstić information content (AvgIpc) is 3.41. The van der Waals surface area contributed by atoms with Gasteiger partial charge in [-0.25, -0.2) is 14.6 Å². The number of imidazole rings is 1. The van der Waals surface area contributed by atoms with Gasteiger partial charge in [0.25, 0.3) is 5.56 Å². The number of aryl methyl sites for hydroxylation is 2. The first kappa shape index (κ1) is 26.7. The first-order valence-electron chi connectivity index (χ1n) is 11.3. The van der Waals surface area contributed by atoms with Crippen LogP contribution in [-0.2, 0) is 32.5 Å². The van der Waals surface area contributed by atoms with E-state index in [4.69, 9.17) is 27.9 Å². The van der Waals surface area contributed by atoms with Crippen LogP contribution in [0.5, 0.6) is 5.75 Å². The molecule has 1 amide bonds. The van der Waals surface area contributed by atoms with Gasteiger partial charge in [0, 0.05) is 32.1 Å². The summed E-state index contributed by atoms with van der Waals surface area (Å²) in [4.78, 5) is 55.0. The zero-order valence-corrected chi connectivity index (χ0v) is 22.8. The number of fused-ring (bicyclic) bond motifs is 1. The minimum absolute atomic E-state index is 0.0439. The molecule has 3 aromatic heterocycles. The van der Waals surface area contributed by atoms with Crippen LogP contribution in [0.25, 0.3) is 22.4 Å². The number of ether oxygens (including phenoxy) is 1. The van der Waals surface area contributed by atoms with Crippen molar-refractivity contribution < 1.29 is 9.53 Å². The fourth-order valence-electron chi connectivity index (χ4n) is 3.88. The van der Waals surface area contributed by atoms with E-state index in [1.807, 2.05) is 0 Å². The highest BCUT2D eigenvalue weighted by atomic mass is 35.5. The fourth-order valence-corrected chi connectivity index (χ4v) is 5.21. The Labute approximate surface area is 224 Å². The Morgan fingerprint density at radius 3 is 2.35 bits per heavy atom. The van der Waals surface area contributed by atoms with Crippen molar-refractivity contribution in [2.75, 3.05) is 11.9 Å². The summed E-state index contributed by atoms with van der Waals surface area (Å²) in [6, 6.07) is 3.37. The van der Waals surface area contributed by atoms with Crippen molar-refractivity contribution in [2.24, 2.45) is 21.1 Å². The number of halogens is 2. The third-order valence-corrected chi connectivity index (χ3v) is 7.13. The molecule has 37 heavy (non-hydrogen) atoms. The molecule has 0 saturated heterocycles. The highest BCUT2D eigenvalue weighted by Crippen LogP contribution is 2.38. The van der Waals surface area contributed by atoms with Gasteiger partial charge in [-0.2, -0.15) is 0 Å². The second-order valence-corrected chi connectivity index (χ2v) is 10.0. The number of thiazole rings is 1. The van der Waals surface area contributed by atoms with E-state index in [0.717, 1.165) is 26.5 Å². The molecule has 11 nitrogen and oxygen atoms in total. The Hall–Kier alpha value is -3.35. The predicted octanol–water partition coefficient (Wildman–Crippen LogP) is 2.99. The molecule has 0 atom stereocenters. The van der Waals surface area contributed by atoms with Gasteiger partial charge < -0.3 is 10.1 Å². The summed E-state index contributed by atoms with van der Waals surface area (Å²) in [5.41, 5.74) is -0.591. The molecule has 0 spiro atoms. The van der Waals surface area contributed by atoms with E-state index in [0.29, 0.717) is 33.7 Å². The number of carbonyl (C=O) groups excluding carboxylic acids is 1. The molecule has 0 radical (unpaired) electrons. The SMILES string of the molecule is CCCCOc1c(Cl)cc(-c2csc(NC(=O)Cn3c(=O)n(C)c4c3c(=O)n(C)c(=O)n4C)n2)cc1Cl. The normalized spacial score (nSPS) is 11.3. The van der Waals surface area contributed by atoms with E-state index < -0.39 is 29.4 Å². The summed E-state index contributed by atoms with van der Waals surface area (Å²) >= 11 is 13.9. The molecule has 0 saturated carbocycles. The molecular weight excluding hydrogens is 543 g/mol. The fraction of sp³-hybridized carbons (Fsp3) is 0.348. The number of nitrogens with zero attached hydrogens (tertiary/aromatic N) is 5. The van der Waals surface area contributed by atoms with E-state index in [1.54, 1.807) is 17.5 Å². The monoisotopic (exact) mass is 566 g/mol. The summed E-state index contributed by atoms with van der Waals surface area (Å²) in [6.45, 7) is 2.11. The second-order valence-electron chi connectivity index (χ2n) is 8.36. The molecular formula is C23H24Cl2N6O5S. The summed E-state index contributed by atoms with van der Waals surface area (Å²) in [7, 11) is 4.19. The molecule has 0 fully saturated rings. The van der Waals surface area contributed by atoms with Gasteiger partial charge >= 0.3 is 11.4 Å². The molecule has 4 aromatic rings.